The van der Waals surface area contributed by atoms with Gasteiger partial charge < -0.3 is 10.6 Å². The Morgan fingerprint density at radius 2 is 0.917 bits per heavy atom. The number of hydrogen-bond acceptors (Lipinski definition) is 2. The summed E-state index contributed by atoms with van der Waals surface area (Å²) in [6.07, 6.45) is 2.21. The van der Waals surface area contributed by atoms with E-state index >= 15 is 0 Å². The molecule has 0 amide bonds. The first-order chi connectivity index (χ1) is 11.2. The van der Waals surface area contributed by atoms with Gasteiger partial charge in [-0.2, -0.15) is 0 Å². The highest BCUT2D eigenvalue weighted by Gasteiger charge is 2.18. The van der Waals surface area contributed by atoms with Gasteiger partial charge in [-0.05, 0) is 34.8 Å². The Bertz CT molecular complexity index is 413. The van der Waals surface area contributed by atoms with Crippen LogP contribution in [0.25, 0.3) is 0 Å². The van der Waals surface area contributed by atoms with Crippen LogP contribution in [0.1, 0.15) is 55.4 Å². The lowest BCUT2D eigenvalue weighted by atomic mass is 10.2. The number of anilines is 2. The Kier molecular flexibility index (Phi) is 9.61. The minimum Gasteiger partial charge on any atom is -0.379 e. The summed E-state index contributed by atoms with van der Waals surface area (Å²) in [4.78, 5) is 0. The van der Waals surface area contributed by atoms with Crippen molar-refractivity contribution in [3.05, 3.63) is 24.3 Å². The van der Waals surface area contributed by atoms with E-state index < -0.39 is 0 Å². The van der Waals surface area contributed by atoms with Gasteiger partial charge in [0.25, 0.3) is 0 Å². The van der Waals surface area contributed by atoms with Crippen LogP contribution in [-0.2, 0) is 0 Å². The molecule has 0 saturated heterocycles. The predicted octanol–water partition coefficient (Wildman–Crippen LogP) is 7.02. The summed E-state index contributed by atoms with van der Waals surface area (Å²) >= 11 is 0. The maximum atomic E-state index is 3.73. The molecule has 1 rings (SSSR count). The fourth-order valence-electron chi connectivity index (χ4n) is 3.07. The van der Waals surface area contributed by atoms with E-state index in [2.05, 4.69) is 90.3 Å². The van der Waals surface area contributed by atoms with Crippen LogP contribution >= 0.6 is 15.8 Å². The van der Waals surface area contributed by atoms with Crippen LogP contribution in [-0.4, -0.2) is 35.2 Å². The van der Waals surface area contributed by atoms with Crippen LogP contribution in [0, 0.1) is 0 Å². The van der Waals surface area contributed by atoms with E-state index in [1.165, 1.54) is 11.4 Å². The third-order valence-corrected chi connectivity index (χ3v) is 10.8. The number of rotatable bonds is 10. The summed E-state index contributed by atoms with van der Waals surface area (Å²) in [7, 11) is 0.0163. The first kappa shape index (κ1) is 21.7. The van der Waals surface area contributed by atoms with Crippen molar-refractivity contribution in [3.8, 4) is 0 Å². The van der Waals surface area contributed by atoms with Crippen LogP contribution in [0.2, 0.25) is 0 Å². The Hall–Kier alpha value is -0.320. The average molecular weight is 368 g/mol. The zero-order valence-corrected chi connectivity index (χ0v) is 18.7. The molecule has 0 aliphatic carbocycles. The van der Waals surface area contributed by atoms with Crippen molar-refractivity contribution in [2.24, 2.45) is 0 Å². The van der Waals surface area contributed by atoms with Crippen LogP contribution in [0.4, 0.5) is 11.4 Å². The minimum atomic E-state index is 0.00815. The van der Waals surface area contributed by atoms with Gasteiger partial charge in [0.05, 0.1) is 11.4 Å². The molecule has 2 nitrogen and oxygen atoms in total. The van der Waals surface area contributed by atoms with Crippen LogP contribution in [0.3, 0.4) is 0 Å². The largest absolute Gasteiger partial charge is 0.379 e. The van der Waals surface area contributed by atoms with Gasteiger partial charge in [-0.1, -0.05) is 83.4 Å². The van der Waals surface area contributed by atoms with Crippen LogP contribution in [0.15, 0.2) is 24.3 Å². The third kappa shape index (κ3) is 6.89. The molecule has 1 aromatic rings. The monoisotopic (exact) mass is 368 g/mol. The zero-order valence-electron chi connectivity index (χ0n) is 16.9. The second-order valence-corrected chi connectivity index (χ2v) is 14.4. The molecule has 4 heteroatoms. The molecule has 0 spiro atoms. The molecule has 2 N–H and O–H groups in total. The highest BCUT2D eigenvalue weighted by Crippen LogP contribution is 2.47. The Morgan fingerprint density at radius 1 is 0.625 bits per heavy atom. The quantitative estimate of drug-likeness (QED) is 0.433. The molecule has 0 fully saturated rings. The Labute approximate surface area is 153 Å². The smallest absolute Gasteiger partial charge is 0.0578 e. The lowest BCUT2D eigenvalue weighted by Gasteiger charge is -2.28. The summed E-state index contributed by atoms with van der Waals surface area (Å²) < 4.78 is 0. The zero-order chi connectivity index (χ0) is 18.3. The number of hydrogen-bond donors (Lipinski definition) is 2. The van der Waals surface area contributed by atoms with Crippen molar-refractivity contribution in [2.45, 2.75) is 78.0 Å². The number of benzene rings is 1. The van der Waals surface area contributed by atoms with Crippen molar-refractivity contribution in [1.82, 2.24) is 0 Å². The second-order valence-electron chi connectivity index (χ2n) is 7.62. The van der Waals surface area contributed by atoms with E-state index in [1.807, 2.05) is 0 Å². The molecule has 0 radical (unpaired) electrons. The fourth-order valence-corrected chi connectivity index (χ4v) is 7.62. The maximum absolute atomic E-state index is 3.73. The van der Waals surface area contributed by atoms with Crippen molar-refractivity contribution in [3.63, 3.8) is 0 Å². The van der Waals surface area contributed by atoms with Crippen molar-refractivity contribution < 1.29 is 0 Å². The summed E-state index contributed by atoms with van der Waals surface area (Å²) in [6.45, 7) is 18.9. The third-order valence-electron chi connectivity index (χ3n) is 4.48. The normalized spacial score (nSPS) is 12.2. The van der Waals surface area contributed by atoms with E-state index in [4.69, 9.17) is 0 Å². The molecule has 138 valence electrons. The summed E-state index contributed by atoms with van der Waals surface area (Å²) in [5, 5.41) is 7.46. The fraction of sp³-hybridized carbons (Fsp3) is 0.700. The average Bonchev–Trinajstić information content (AvgIpc) is 2.47. The first-order valence-corrected chi connectivity index (χ1v) is 12.6. The van der Waals surface area contributed by atoms with Gasteiger partial charge in [-0.3, -0.25) is 0 Å². The lowest BCUT2D eigenvalue weighted by molar-refractivity contribution is 1.00. The molecule has 1 aromatic carbocycles. The van der Waals surface area contributed by atoms with Gasteiger partial charge in [-0.15, -0.1) is 0 Å². The van der Waals surface area contributed by atoms with Gasteiger partial charge in [0.1, 0.15) is 0 Å². The highest BCUT2D eigenvalue weighted by molar-refractivity contribution is 7.59. The molecule has 24 heavy (non-hydrogen) atoms. The molecular formula is C20H38N2P2. The molecule has 0 atom stereocenters. The Morgan fingerprint density at radius 3 is 1.17 bits per heavy atom. The van der Waals surface area contributed by atoms with Gasteiger partial charge in [0, 0.05) is 12.6 Å². The van der Waals surface area contributed by atoms with E-state index in [0.29, 0.717) is 0 Å². The maximum Gasteiger partial charge on any atom is 0.0578 e. The molecule has 0 aromatic heterocycles. The number of para-hydroxylation sites is 2. The minimum absolute atomic E-state index is 0.00815. The summed E-state index contributed by atoms with van der Waals surface area (Å²) in [5.41, 5.74) is 5.58. The standard InChI is InChI=1S/C20H38N2P2/c1-15(2)23(16(3)4)13-21-19-11-9-10-12-20(19)22-14-24(17(5)6)18(7)8/h9-12,15-18,21-22H,13-14H2,1-8H3. The first-order valence-electron chi connectivity index (χ1n) is 9.32. The summed E-state index contributed by atoms with van der Waals surface area (Å²) in [5.74, 6) is 0. The number of nitrogens with one attached hydrogen (secondary N) is 2. The SMILES string of the molecule is CC(C)P(CNc1ccccc1NCP(C(C)C)C(C)C)C(C)C. The van der Waals surface area contributed by atoms with Crippen LogP contribution in [0.5, 0.6) is 0 Å². The topological polar surface area (TPSA) is 24.1 Å². The van der Waals surface area contributed by atoms with E-state index in [1.54, 1.807) is 0 Å². The molecule has 0 saturated carbocycles. The van der Waals surface area contributed by atoms with Crippen LogP contribution < -0.4 is 10.6 Å². The molecule has 0 bridgehead atoms. The van der Waals surface area contributed by atoms with Crippen molar-refractivity contribution >= 4 is 27.2 Å². The molecule has 0 aliphatic heterocycles. The van der Waals surface area contributed by atoms with Gasteiger partial charge in [0.15, 0.2) is 0 Å². The molecule has 0 heterocycles. The lowest BCUT2D eigenvalue weighted by Crippen LogP contribution is -2.15. The van der Waals surface area contributed by atoms with Gasteiger partial charge in [0.2, 0.25) is 0 Å². The van der Waals surface area contributed by atoms with E-state index in [-0.39, 0.29) is 15.8 Å². The molecule has 0 aliphatic rings. The van der Waals surface area contributed by atoms with Crippen molar-refractivity contribution in [1.29, 1.82) is 0 Å². The second kappa shape index (κ2) is 10.6. The van der Waals surface area contributed by atoms with E-state index in [0.717, 1.165) is 35.2 Å². The van der Waals surface area contributed by atoms with E-state index in [9.17, 15) is 0 Å². The Balaban J connectivity index is 2.74. The van der Waals surface area contributed by atoms with Gasteiger partial charge >= 0.3 is 0 Å². The van der Waals surface area contributed by atoms with Crippen molar-refractivity contribution in [2.75, 3.05) is 23.2 Å². The molecule has 0 unspecified atom stereocenters. The summed E-state index contributed by atoms with van der Waals surface area (Å²) in [6, 6.07) is 8.69. The molecular weight excluding hydrogens is 330 g/mol. The predicted molar refractivity (Wildman–Crippen MR) is 118 cm³/mol. The van der Waals surface area contributed by atoms with Gasteiger partial charge in [-0.25, -0.2) is 0 Å². The highest BCUT2D eigenvalue weighted by atomic mass is 31.1.